The van der Waals surface area contributed by atoms with Gasteiger partial charge in [0.05, 0.1) is 19.8 Å². The van der Waals surface area contributed by atoms with Gasteiger partial charge in [0.1, 0.15) is 11.6 Å². The summed E-state index contributed by atoms with van der Waals surface area (Å²) in [6, 6.07) is 18.6. The fourth-order valence-corrected chi connectivity index (χ4v) is 3.77. The molecule has 0 N–H and O–H groups in total. The van der Waals surface area contributed by atoms with Crippen LogP contribution in [0, 0.1) is 0 Å². The van der Waals surface area contributed by atoms with Gasteiger partial charge in [-0.2, -0.15) is 0 Å². The van der Waals surface area contributed by atoms with Crippen LogP contribution in [-0.4, -0.2) is 56.3 Å². The highest BCUT2D eigenvalue weighted by atomic mass is 35.5. The minimum Gasteiger partial charge on any atom is -0.493 e. The van der Waals surface area contributed by atoms with E-state index in [4.69, 9.17) is 14.2 Å². The summed E-state index contributed by atoms with van der Waals surface area (Å²) in [7, 11) is 3.10. The molecule has 2 heterocycles. The molecule has 0 aliphatic carbocycles. The van der Waals surface area contributed by atoms with E-state index < -0.39 is 5.97 Å². The second kappa shape index (κ2) is 14.6. The second-order valence-electron chi connectivity index (χ2n) is 7.52. The number of hydrogen-bond donors (Lipinski definition) is 0. The van der Waals surface area contributed by atoms with Crippen LogP contribution in [0.25, 0.3) is 0 Å². The number of carbonyl (C=O) groups excluding carboxylic acids is 1. The Morgan fingerprint density at radius 2 is 1.51 bits per heavy atom. The van der Waals surface area contributed by atoms with Crippen molar-refractivity contribution < 1.29 is 19.0 Å². The van der Waals surface area contributed by atoms with E-state index >= 15 is 0 Å². The first kappa shape index (κ1) is 30.3. The zero-order valence-corrected chi connectivity index (χ0v) is 22.0. The molecule has 0 atom stereocenters. The first-order valence-corrected chi connectivity index (χ1v) is 10.6. The number of carbonyl (C=O) groups is 1. The van der Waals surface area contributed by atoms with Crippen molar-refractivity contribution in [3.05, 3.63) is 78.0 Å². The molecule has 1 fully saturated rings. The van der Waals surface area contributed by atoms with Crippen LogP contribution in [0.4, 0.5) is 5.82 Å². The molecule has 0 bridgehead atoms. The molecule has 0 spiro atoms. The molecule has 0 unspecified atom stereocenters. The number of para-hydroxylation sites is 1. The van der Waals surface area contributed by atoms with Crippen molar-refractivity contribution in [2.45, 2.75) is 6.54 Å². The third kappa shape index (κ3) is 7.64. The molecule has 190 valence electrons. The van der Waals surface area contributed by atoms with Crippen molar-refractivity contribution in [3.8, 4) is 17.2 Å². The van der Waals surface area contributed by atoms with Crippen molar-refractivity contribution in [2.75, 3.05) is 45.3 Å². The minimum atomic E-state index is -0.432. The number of nitrogens with zero attached hydrogens (tertiary/aromatic N) is 3. The number of ether oxygens (including phenoxy) is 3. The Kier molecular flexibility index (Phi) is 12.7. The molecule has 10 heteroatoms. The largest absolute Gasteiger partial charge is 0.493 e. The van der Waals surface area contributed by atoms with E-state index in [2.05, 4.69) is 14.8 Å². The van der Waals surface area contributed by atoms with Gasteiger partial charge in [-0.1, -0.05) is 24.3 Å². The summed E-state index contributed by atoms with van der Waals surface area (Å²) in [4.78, 5) is 21.9. The molecule has 1 aromatic heterocycles. The highest BCUT2D eigenvalue weighted by molar-refractivity contribution is 5.92. The van der Waals surface area contributed by atoms with Crippen molar-refractivity contribution in [3.63, 3.8) is 0 Å². The summed E-state index contributed by atoms with van der Waals surface area (Å²) < 4.78 is 16.3. The van der Waals surface area contributed by atoms with Crippen LogP contribution >= 0.6 is 37.2 Å². The number of rotatable bonds is 7. The van der Waals surface area contributed by atoms with Crippen molar-refractivity contribution in [1.29, 1.82) is 0 Å². The first-order chi connectivity index (χ1) is 15.7. The van der Waals surface area contributed by atoms with Crippen LogP contribution in [0.5, 0.6) is 17.2 Å². The zero-order chi connectivity index (χ0) is 22.3. The molecule has 3 aromatic rings. The average Bonchev–Trinajstić information content (AvgIpc) is 2.85. The maximum absolute atomic E-state index is 12.8. The summed E-state index contributed by atoms with van der Waals surface area (Å²) in [6.45, 7) is 4.35. The molecule has 1 aliphatic rings. The van der Waals surface area contributed by atoms with Gasteiger partial charge in [0, 0.05) is 44.5 Å². The highest BCUT2D eigenvalue weighted by Gasteiger charge is 2.20. The maximum atomic E-state index is 12.8. The summed E-state index contributed by atoms with van der Waals surface area (Å²) in [6.07, 6.45) is 1.82. The van der Waals surface area contributed by atoms with Crippen molar-refractivity contribution in [2.24, 2.45) is 0 Å². The lowest BCUT2D eigenvalue weighted by Gasteiger charge is -2.35. The molecule has 2 aromatic carbocycles. The molecule has 0 saturated carbocycles. The number of aromatic nitrogens is 1. The van der Waals surface area contributed by atoms with Gasteiger partial charge < -0.3 is 19.1 Å². The number of piperazine rings is 1. The third-order valence-electron chi connectivity index (χ3n) is 5.53. The van der Waals surface area contributed by atoms with Crippen LogP contribution in [0.2, 0.25) is 0 Å². The lowest BCUT2D eigenvalue weighted by atomic mass is 10.1. The van der Waals surface area contributed by atoms with Crippen molar-refractivity contribution >= 4 is 49.0 Å². The zero-order valence-electron chi connectivity index (χ0n) is 19.6. The van der Waals surface area contributed by atoms with E-state index in [-0.39, 0.29) is 37.2 Å². The SMILES string of the molecule is COc1ccc(C(=O)Oc2ccccc2CN2CCN(c3ccccn3)CC2)cc1OC.Cl.Cl.Cl. The van der Waals surface area contributed by atoms with E-state index in [1.54, 1.807) is 25.3 Å². The number of halogens is 3. The minimum absolute atomic E-state index is 0. The van der Waals surface area contributed by atoms with Crippen molar-refractivity contribution in [1.82, 2.24) is 9.88 Å². The average molecular weight is 543 g/mol. The van der Waals surface area contributed by atoms with Crippen LogP contribution < -0.4 is 19.1 Å². The lowest BCUT2D eigenvalue weighted by Crippen LogP contribution is -2.46. The van der Waals surface area contributed by atoms with E-state index in [1.807, 2.05) is 48.7 Å². The Hall–Kier alpha value is -2.71. The Morgan fingerprint density at radius 1 is 0.829 bits per heavy atom. The molecular formula is C25H30Cl3N3O4. The second-order valence-corrected chi connectivity index (χ2v) is 7.52. The number of benzene rings is 2. The van der Waals surface area contributed by atoms with E-state index in [0.29, 0.717) is 29.4 Å². The van der Waals surface area contributed by atoms with Crippen LogP contribution in [0.3, 0.4) is 0 Å². The Balaban J connectivity index is 0.00000204. The topological polar surface area (TPSA) is 64.1 Å². The number of hydrogen-bond acceptors (Lipinski definition) is 7. The molecule has 1 aliphatic heterocycles. The molecular weight excluding hydrogens is 513 g/mol. The van der Waals surface area contributed by atoms with Gasteiger partial charge in [-0.05, 0) is 36.4 Å². The van der Waals surface area contributed by atoms with E-state index in [9.17, 15) is 4.79 Å². The Morgan fingerprint density at radius 3 is 2.17 bits per heavy atom. The molecule has 7 nitrogen and oxygen atoms in total. The number of esters is 1. The normalized spacial score (nSPS) is 12.9. The van der Waals surface area contributed by atoms with Gasteiger partial charge in [-0.15, -0.1) is 37.2 Å². The number of methoxy groups -OCH3 is 2. The lowest BCUT2D eigenvalue weighted by molar-refractivity contribution is 0.0731. The fourth-order valence-electron chi connectivity index (χ4n) is 3.77. The smallest absolute Gasteiger partial charge is 0.343 e. The summed E-state index contributed by atoms with van der Waals surface area (Å²) in [5, 5.41) is 0. The number of pyridine rings is 1. The summed E-state index contributed by atoms with van der Waals surface area (Å²) in [5.41, 5.74) is 1.38. The quantitative estimate of drug-likeness (QED) is 0.311. The maximum Gasteiger partial charge on any atom is 0.343 e. The molecule has 0 amide bonds. The van der Waals surface area contributed by atoms with E-state index in [1.165, 1.54) is 7.11 Å². The Labute approximate surface area is 224 Å². The van der Waals surface area contributed by atoms with Crippen LogP contribution in [0.15, 0.2) is 66.9 Å². The Bertz CT molecular complexity index is 1060. The fraction of sp³-hybridized carbons (Fsp3) is 0.280. The van der Waals surface area contributed by atoms with Gasteiger partial charge in [0.2, 0.25) is 0 Å². The molecule has 35 heavy (non-hydrogen) atoms. The van der Waals surface area contributed by atoms with Crippen LogP contribution in [-0.2, 0) is 6.54 Å². The predicted octanol–water partition coefficient (Wildman–Crippen LogP) is 4.91. The monoisotopic (exact) mass is 541 g/mol. The van der Waals surface area contributed by atoms with Gasteiger partial charge in [0.15, 0.2) is 11.5 Å². The molecule has 0 radical (unpaired) electrons. The van der Waals surface area contributed by atoms with Crippen LogP contribution in [0.1, 0.15) is 15.9 Å². The molecule has 4 rings (SSSR count). The number of anilines is 1. The summed E-state index contributed by atoms with van der Waals surface area (Å²) >= 11 is 0. The third-order valence-corrected chi connectivity index (χ3v) is 5.53. The molecule has 1 saturated heterocycles. The predicted molar refractivity (Wildman–Crippen MR) is 144 cm³/mol. The van der Waals surface area contributed by atoms with Gasteiger partial charge >= 0.3 is 5.97 Å². The van der Waals surface area contributed by atoms with Gasteiger partial charge in [-0.25, -0.2) is 9.78 Å². The van der Waals surface area contributed by atoms with Gasteiger partial charge in [-0.3, -0.25) is 4.90 Å². The van der Waals surface area contributed by atoms with Gasteiger partial charge in [0.25, 0.3) is 0 Å². The highest BCUT2D eigenvalue weighted by Crippen LogP contribution is 2.29. The van der Waals surface area contributed by atoms with E-state index in [0.717, 1.165) is 37.6 Å². The standard InChI is InChI=1S/C25H27N3O4.3ClH/c1-30-22-11-10-19(17-23(22)31-2)25(29)32-21-8-4-3-7-20(21)18-27-13-15-28(16-14-27)24-9-5-6-12-26-24;;;/h3-12,17H,13-16,18H2,1-2H3;3*1H. The summed E-state index contributed by atoms with van der Waals surface area (Å²) in [5.74, 6) is 2.20. The first-order valence-electron chi connectivity index (χ1n) is 10.6.